The molecule has 0 fully saturated rings. The third-order valence-electron chi connectivity index (χ3n) is 2.88. The van der Waals surface area contributed by atoms with Crippen LogP contribution in [0, 0.1) is 0 Å². The Hall–Kier alpha value is -2.02. The molecule has 0 spiro atoms. The fourth-order valence-corrected chi connectivity index (χ4v) is 2.56. The Bertz CT molecular complexity index is 624. The number of benzene rings is 1. The molecule has 2 aromatic rings. The van der Waals surface area contributed by atoms with E-state index in [9.17, 15) is 18.0 Å². The Morgan fingerprint density at radius 2 is 2.05 bits per heavy atom. The van der Waals surface area contributed by atoms with Gasteiger partial charge >= 0.3 is 12.1 Å². The second-order valence-corrected chi connectivity index (χ2v) is 5.15. The molecule has 2 N–H and O–H groups in total. The van der Waals surface area contributed by atoms with Crippen LogP contribution in [-0.4, -0.2) is 17.6 Å². The van der Waals surface area contributed by atoms with Crippen LogP contribution in [0.25, 0.3) is 0 Å². The molecule has 0 aliphatic heterocycles. The summed E-state index contributed by atoms with van der Waals surface area (Å²) in [7, 11) is 0. The van der Waals surface area contributed by atoms with Crippen LogP contribution in [0.4, 0.5) is 18.9 Å². The number of hydrogen-bond donors (Lipinski definition) is 2. The van der Waals surface area contributed by atoms with E-state index in [0.29, 0.717) is 13.0 Å². The Kier molecular flexibility index (Phi) is 4.52. The van der Waals surface area contributed by atoms with E-state index in [2.05, 4.69) is 5.32 Å². The van der Waals surface area contributed by atoms with E-state index < -0.39 is 23.3 Å². The summed E-state index contributed by atoms with van der Waals surface area (Å²) in [6.07, 6.45) is -4.01. The summed E-state index contributed by atoms with van der Waals surface area (Å²) in [5.74, 6) is -1.59. The van der Waals surface area contributed by atoms with Crippen LogP contribution in [0.2, 0.25) is 0 Å². The molecule has 2 rings (SSSR count). The summed E-state index contributed by atoms with van der Waals surface area (Å²) < 4.78 is 38.5. The zero-order valence-corrected chi connectivity index (χ0v) is 11.6. The molecule has 1 heterocycles. The molecule has 0 aliphatic carbocycles. The first kappa shape index (κ1) is 15.4. The van der Waals surface area contributed by atoms with Gasteiger partial charge in [0.25, 0.3) is 0 Å². The Labute approximate surface area is 123 Å². The average Bonchev–Trinajstić information content (AvgIpc) is 2.90. The van der Waals surface area contributed by atoms with E-state index in [1.807, 2.05) is 16.8 Å². The molecule has 112 valence electrons. The number of alkyl halides is 3. The molecule has 1 aromatic carbocycles. The fraction of sp³-hybridized carbons (Fsp3) is 0.214. The molecule has 0 unspecified atom stereocenters. The summed E-state index contributed by atoms with van der Waals surface area (Å²) >= 11 is 1.56. The van der Waals surface area contributed by atoms with Crippen LogP contribution in [0.5, 0.6) is 0 Å². The van der Waals surface area contributed by atoms with Crippen LogP contribution in [0.1, 0.15) is 21.5 Å². The van der Waals surface area contributed by atoms with E-state index in [1.165, 1.54) is 6.07 Å². The number of carbonyl (C=O) groups is 1. The van der Waals surface area contributed by atoms with Crippen LogP contribution in [0.15, 0.2) is 35.0 Å². The monoisotopic (exact) mass is 315 g/mol. The Balaban J connectivity index is 2.12. The van der Waals surface area contributed by atoms with Crippen molar-refractivity contribution in [1.82, 2.24) is 0 Å². The highest BCUT2D eigenvalue weighted by Gasteiger charge is 2.35. The number of hydrogen-bond acceptors (Lipinski definition) is 3. The molecule has 3 nitrogen and oxygen atoms in total. The third kappa shape index (κ3) is 3.98. The maximum Gasteiger partial charge on any atom is 0.417 e. The van der Waals surface area contributed by atoms with Gasteiger partial charge in [-0.3, -0.25) is 0 Å². The van der Waals surface area contributed by atoms with Gasteiger partial charge in [-0.25, -0.2) is 4.79 Å². The topological polar surface area (TPSA) is 49.3 Å². The van der Waals surface area contributed by atoms with Gasteiger partial charge in [0, 0.05) is 12.2 Å². The molecule has 0 saturated carbocycles. The molecule has 21 heavy (non-hydrogen) atoms. The van der Waals surface area contributed by atoms with Crippen LogP contribution >= 0.6 is 11.3 Å². The Morgan fingerprint density at radius 1 is 1.29 bits per heavy atom. The minimum Gasteiger partial charge on any atom is -0.478 e. The molecule has 0 aliphatic rings. The van der Waals surface area contributed by atoms with Gasteiger partial charge in [0.1, 0.15) is 0 Å². The number of carboxylic acids is 1. The molecule has 0 saturated heterocycles. The Morgan fingerprint density at radius 3 is 2.62 bits per heavy atom. The highest BCUT2D eigenvalue weighted by Crippen LogP contribution is 2.33. The first-order valence-electron chi connectivity index (χ1n) is 6.07. The summed E-state index contributed by atoms with van der Waals surface area (Å²) in [5, 5.41) is 15.6. The SMILES string of the molecule is O=C(O)c1ccc(NCCc2ccsc2)cc1C(F)(F)F. The number of thiophene rings is 1. The number of carboxylic acid groups (broad SMARTS) is 1. The minimum atomic E-state index is -4.70. The lowest BCUT2D eigenvalue weighted by molar-refractivity contribution is -0.138. The van der Waals surface area contributed by atoms with Gasteiger partial charge in [-0.15, -0.1) is 0 Å². The smallest absolute Gasteiger partial charge is 0.417 e. The lowest BCUT2D eigenvalue weighted by atomic mass is 10.1. The maximum absolute atomic E-state index is 12.8. The number of anilines is 1. The number of halogens is 3. The van der Waals surface area contributed by atoms with Crippen molar-refractivity contribution in [2.75, 3.05) is 11.9 Å². The number of aromatic carboxylic acids is 1. The molecular weight excluding hydrogens is 303 g/mol. The van der Waals surface area contributed by atoms with E-state index in [1.54, 1.807) is 11.3 Å². The van der Waals surface area contributed by atoms with Crippen molar-refractivity contribution in [2.45, 2.75) is 12.6 Å². The normalized spacial score (nSPS) is 11.4. The van der Waals surface area contributed by atoms with Gasteiger partial charge in [-0.05, 0) is 47.0 Å². The predicted molar refractivity (Wildman–Crippen MR) is 74.9 cm³/mol. The molecular formula is C14H12F3NO2S. The second-order valence-electron chi connectivity index (χ2n) is 4.37. The summed E-state index contributed by atoms with van der Waals surface area (Å²) in [4.78, 5) is 10.8. The molecule has 7 heteroatoms. The summed E-state index contributed by atoms with van der Waals surface area (Å²) in [6, 6.07) is 5.09. The first-order chi connectivity index (χ1) is 9.88. The van der Waals surface area contributed by atoms with Crippen molar-refractivity contribution >= 4 is 23.0 Å². The number of nitrogens with one attached hydrogen (secondary N) is 1. The van der Waals surface area contributed by atoms with Gasteiger partial charge in [-0.1, -0.05) is 0 Å². The standard InChI is InChI=1S/C14H12F3NO2S/c15-14(16,17)12-7-10(1-2-11(12)13(19)20)18-5-3-9-4-6-21-8-9/h1-2,4,6-8,18H,3,5H2,(H,19,20). The van der Waals surface area contributed by atoms with Crippen LogP contribution < -0.4 is 5.32 Å². The molecule has 0 radical (unpaired) electrons. The van der Waals surface area contributed by atoms with E-state index in [-0.39, 0.29) is 5.69 Å². The van der Waals surface area contributed by atoms with Crippen LogP contribution in [0.3, 0.4) is 0 Å². The summed E-state index contributed by atoms with van der Waals surface area (Å²) in [5.41, 5.74) is -0.533. The highest BCUT2D eigenvalue weighted by molar-refractivity contribution is 7.07. The zero-order chi connectivity index (χ0) is 15.5. The van der Waals surface area contributed by atoms with E-state index in [4.69, 9.17) is 5.11 Å². The number of rotatable bonds is 5. The fourth-order valence-electron chi connectivity index (χ4n) is 1.86. The van der Waals surface area contributed by atoms with Crippen molar-refractivity contribution in [3.05, 3.63) is 51.7 Å². The van der Waals surface area contributed by atoms with Gasteiger partial charge in [-0.2, -0.15) is 24.5 Å². The van der Waals surface area contributed by atoms with E-state index in [0.717, 1.165) is 17.7 Å². The largest absolute Gasteiger partial charge is 0.478 e. The van der Waals surface area contributed by atoms with Crippen molar-refractivity contribution in [3.63, 3.8) is 0 Å². The average molecular weight is 315 g/mol. The lowest BCUT2D eigenvalue weighted by Crippen LogP contribution is -2.14. The molecule has 0 atom stereocenters. The molecule has 1 aromatic heterocycles. The third-order valence-corrected chi connectivity index (χ3v) is 3.61. The molecule has 0 bridgehead atoms. The van der Waals surface area contributed by atoms with Gasteiger partial charge in [0.05, 0.1) is 11.1 Å². The zero-order valence-electron chi connectivity index (χ0n) is 10.8. The maximum atomic E-state index is 12.8. The first-order valence-corrected chi connectivity index (χ1v) is 7.01. The summed E-state index contributed by atoms with van der Waals surface area (Å²) in [6.45, 7) is 0.473. The lowest BCUT2D eigenvalue weighted by Gasteiger charge is -2.13. The van der Waals surface area contributed by atoms with Crippen molar-refractivity contribution in [1.29, 1.82) is 0 Å². The van der Waals surface area contributed by atoms with Crippen molar-refractivity contribution in [2.24, 2.45) is 0 Å². The molecule has 0 amide bonds. The second kappa shape index (κ2) is 6.17. The van der Waals surface area contributed by atoms with Gasteiger partial charge in [0.2, 0.25) is 0 Å². The predicted octanol–water partition coefficient (Wildman–Crippen LogP) is 4.12. The van der Waals surface area contributed by atoms with Gasteiger partial charge in [0.15, 0.2) is 0 Å². The minimum absolute atomic E-state index is 0.252. The highest BCUT2D eigenvalue weighted by atomic mass is 32.1. The quantitative estimate of drug-likeness (QED) is 0.872. The van der Waals surface area contributed by atoms with Crippen LogP contribution in [-0.2, 0) is 12.6 Å². The van der Waals surface area contributed by atoms with E-state index >= 15 is 0 Å². The van der Waals surface area contributed by atoms with Crippen molar-refractivity contribution in [3.8, 4) is 0 Å². The van der Waals surface area contributed by atoms with Crippen molar-refractivity contribution < 1.29 is 23.1 Å². The van der Waals surface area contributed by atoms with Gasteiger partial charge < -0.3 is 10.4 Å².